The zero-order chi connectivity index (χ0) is 15.4. The monoisotopic (exact) mass is 298 g/mol. The third-order valence-electron chi connectivity index (χ3n) is 5.92. The van der Waals surface area contributed by atoms with Crippen LogP contribution in [-0.2, 0) is 16.0 Å². The van der Waals surface area contributed by atoms with E-state index in [1.54, 1.807) is 0 Å². The van der Waals surface area contributed by atoms with Gasteiger partial charge >= 0.3 is 0 Å². The van der Waals surface area contributed by atoms with Gasteiger partial charge in [-0.25, -0.2) is 0 Å². The van der Waals surface area contributed by atoms with Gasteiger partial charge in [0.1, 0.15) is 0 Å². The first-order valence-corrected chi connectivity index (χ1v) is 8.19. The highest BCUT2D eigenvalue weighted by molar-refractivity contribution is 6.00. The second kappa shape index (κ2) is 4.83. The summed E-state index contributed by atoms with van der Waals surface area (Å²) in [5.74, 6) is -1.66. The van der Waals surface area contributed by atoms with E-state index in [1.165, 1.54) is 5.56 Å². The number of anilines is 1. The fourth-order valence-corrected chi connectivity index (χ4v) is 5.05. The molecule has 1 aromatic rings. The van der Waals surface area contributed by atoms with Crippen molar-refractivity contribution in [2.75, 3.05) is 4.90 Å². The molecule has 0 aromatic heterocycles. The Balaban J connectivity index is 1.68. The van der Waals surface area contributed by atoms with Gasteiger partial charge in [-0.3, -0.25) is 4.79 Å². The van der Waals surface area contributed by atoms with Crippen molar-refractivity contribution in [2.24, 2.45) is 23.7 Å². The molecule has 116 valence electrons. The van der Waals surface area contributed by atoms with Crippen LogP contribution in [0.3, 0.4) is 0 Å². The molecule has 4 rings (SSSR count). The average Bonchev–Trinajstić information content (AvgIpc) is 3.17. The number of carbonyl (C=O) groups is 2. The summed E-state index contributed by atoms with van der Waals surface area (Å²) in [5, 5.41) is 11.6. The summed E-state index contributed by atoms with van der Waals surface area (Å²) in [5.41, 5.74) is 2.14. The topological polar surface area (TPSA) is 60.4 Å². The number of carboxylic acids is 1. The van der Waals surface area contributed by atoms with Crippen molar-refractivity contribution < 1.29 is 14.7 Å². The van der Waals surface area contributed by atoms with Gasteiger partial charge < -0.3 is 14.8 Å². The molecule has 2 fully saturated rings. The number of hydrogen-bond acceptors (Lipinski definition) is 3. The lowest BCUT2D eigenvalue weighted by molar-refractivity contribution is -0.314. The quantitative estimate of drug-likeness (QED) is 0.828. The molecule has 0 radical (unpaired) electrons. The van der Waals surface area contributed by atoms with Gasteiger partial charge in [0, 0.05) is 29.5 Å². The van der Waals surface area contributed by atoms with Crippen LogP contribution >= 0.6 is 0 Å². The molecule has 2 saturated carbocycles. The fourth-order valence-electron chi connectivity index (χ4n) is 5.05. The number of amides is 1. The number of carboxylic acid groups (broad SMARTS) is 1. The van der Waals surface area contributed by atoms with E-state index in [2.05, 4.69) is 6.07 Å². The standard InChI is InChI=1S/C18H21NO3/c1-10-8-11-4-2-3-5-14(11)19(10)17(20)15-12-6-7-13(9-12)16(15)18(21)22/h2-5,10,12-13,15-16H,6-9H2,1H3,(H,21,22)/p-1/t10-,12+,13+,15-,16-/m0/s1. The molecule has 4 nitrogen and oxygen atoms in total. The lowest BCUT2D eigenvalue weighted by Crippen LogP contribution is -2.48. The molecular weight excluding hydrogens is 278 g/mol. The van der Waals surface area contributed by atoms with E-state index < -0.39 is 17.8 Å². The highest BCUT2D eigenvalue weighted by Gasteiger charge is 2.53. The number of carbonyl (C=O) groups excluding carboxylic acids is 2. The van der Waals surface area contributed by atoms with Gasteiger partial charge in [0.05, 0.1) is 0 Å². The maximum Gasteiger partial charge on any atom is 0.231 e. The van der Waals surface area contributed by atoms with Gasteiger partial charge in [0.15, 0.2) is 0 Å². The van der Waals surface area contributed by atoms with E-state index in [0.29, 0.717) is 0 Å². The maximum atomic E-state index is 13.2. The minimum absolute atomic E-state index is 0.00106. The van der Waals surface area contributed by atoms with E-state index >= 15 is 0 Å². The molecule has 1 aromatic carbocycles. The lowest BCUT2D eigenvalue weighted by atomic mass is 9.78. The van der Waals surface area contributed by atoms with E-state index in [4.69, 9.17) is 0 Å². The van der Waals surface area contributed by atoms with E-state index in [0.717, 1.165) is 31.4 Å². The second-order valence-corrected chi connectivity index (χ2v) is 7.09. The van der Waals surface area contributed by atoms with Gasteiger partial charge in [0.25, 0.3) is 0 Å². The molecule has 5 atom stereocenters. The van der Waals surface area contributed by atoms with Crippen molar-refractivity contribution in [2.45, 2.75) is 38.6 Å². The van der Waals surface area contributed by atoms with E-state index in [-0.39, 0.29) is 23.8 Å². The van der Waals surface area contributed by atoms with E-state index in [1.807, 2.05) is 30.0 Å². The van der Waals surface area contributed by atoms with Gasteiger partial charge in [-0.15, -0.1) is 0 Å². The van der Waals surface area contributed by atoms with Crippen LogP contribution < -0.4 is 10.0 Å². The Morgan fingerprint density at radius 3 is 2.55 bits per heavy atom. The number of rotatable bonds is 2. The SMILES string of the molecule is C[C@H]1Cc2ccccc2N1C(=O)[C@H]1[C@@H]2CC[C@H](C2)[C@@H]1C(=O)[O-]. The highest BCUT2D eigenvalue weighted by atomic mass is 16.4. The number of benzene rings is 1. The number of para-hydroxylation sites is 1. The van der Waals surface area contributed by atoms with Crippen molar-refractivity contribution in [3.8, 4) is 0 Å². The largest absolute Gasteiger partial charge is 0.550 e. The summed E-state index contributed by atoms with van der Waals surface area (Å²) in [7, 11) is 0. The summed E-state index contributed by atoms with van der Waals surface area (Å²) in [6.45, 7) is 2.04. The Labute approximate surface area is 130 Å². The van der Waals surface area contributed by atoms with Crippen molar-refractivity contribution in [3.05, 3.63) is 29.8 Å². The Morgan fingerprint density at radius 2 is 1.82 bits per heavy atom. The molecular formula is C18H20NO3-. The number of fused-ring (bicyclic) bond motifs is 3. The minimum Gasteiger partial charge on any atom is -0.550 e. The Morgan fingerprint density at radius 1 is 1.14 bits per heavy atom. The molecule has 1 heterocycles. The predicted molar refractivity (Wildman–Crippen MR) is 79.9 cm³/mol. The van der Waals surface area contributed by atoms with Gasteiger partial charge in [-0.05, 0) is 56.1 Å². The molecule has 22 heavy (non-hydrogen) atoms. The third-order valence-corrected chi connectivity index (χ3v) is 5.92. The summed E-state index contributed by atoms with van der Waals surface area (Å²) in [6.07, 6.45) is 3.63. The predicted octanol–water partition coefficient (Wildman–Crippen LogP) is 1.38. The number of nitrogens with zero attached hydrogens (tertiary/aromatic N) is 1. The molecule has 0 N–H and O–H groups in total. The van der Waals surface area contributed by atoms with Crippen molar-refractivity contribution in [1.82, 2.24) is 0 Å². The molecule has 0 unspecified atom stereocenters. The average molecular weight is 298 g/mol. The molecule has 4 heteroatoms. The molecule has 0 spiro atoms. The van der Waals surface area contributed by atoms with Crippen LogP contribution in [0.15, 0.2) is 24.3 Å². The van der Waals surface area contributed by atoms with Crippen molar-refractivity contribution in [3.63, 3.8) is 0 Å². The molecule has 0 saturated heterocycles. The third kappa shape index (κ3) is 1.82. The Bertz CT molecular complexity index is 641. The minimum atomic E-state index is -1.04. The van der Waals surface area contributed by atoms with Crippen LogP contribution in [0.1, 0.15) is 31.7 Å². The van der Waals surface area contributed by atoms with Crippen molar-refractivity contribution in [1.29, 1.82) is 0 Å². The Hall–Kier alpha value is -1.84. The summed E-state index contributed by atoms with van der Waals surface area (Å²) < 4.78 is 0. The normalized spacial score (nSPS) is 35.7. The zero-order valence-electron chi connectivity index (χ0n) is 12.7. The Kier molecular flexibility index (Phi) is 3.03. The second-order valence-electron chi connectivity index (χ2n) is 7.09. The van der Waals surface area contributed by atoms with Gasteiger partial charge in [-0.1, -0.05) is 18.2 Å². The first-order chi connectivity index (χ1) is 10.6. The van der Waals surface area contributed by atoms with Crippen molar-refractivity contribution >= 4 is 17.6 Å². The number of aliphatic carboxylic acids is 1. The van der Waals surface area contributed by atoms with Crippen LogP contribution in [0.2, 0.25) is 0 Å². The summed E-state index contributed by atoms with van der Waals surface area (Å²) in [4.78, 5) is 26.6. The summed E-state index contributed by atoms with van der Waals surface area (Å²) in [6, 6.07) is 8.05. The molecule has 2 bridgehead atoms. The molecule has 1 aliphatic heterocycles. The smallest absolute Gasteiger partial charge is 0.231 e. The first kappa shape index (κ1) is 13.8. The van der Waals surface area contributed by atoms with E-state index in [9.17, 15) is 14.7 Å². The highest BCUT2D eigenvalue weighted by Crippen LogP contribution is 2.53. The molecule has 3 aliphatic rings. The number of hydrogen-bond donors (Lipinski definition) is 0. The summed E-state index contributed by atoms with van der Waals surface area (Å²) >= 11 is 0. The lowest BCUT2D eigenvalue weighted by Gasteiger charge is -2.35. The molecule has 1 amide bonds. The first-order valence-electron chi connectivity index (χ1n) is 8.19. The van der Waals surface area contributed by atoms with Gasteiger partial charge in [-0.2, -0.15) is 0 Å². The van der Waals surface area contributed by atoms with Crippen LogP contribution in [0.5, 0.6) is 0 Å². The maximum absolute atomic E-state index is 13.2. The van der Waals surface area contributed by atoms with Gasteiger partial charge in [0.2, 0.25) is 5.91 Å². The fraction of sp³-hybridized carbons (Fsp3) is 0.556. The van der Waals surface area contributed by atoms with Crippen LogP contribution in [0.4, 0.5) is 5.69 Å². The van der Waals surface area contributed by atoms with Crippen LogP contribution in [-0.4, -0.2) is 17.9 Å². The van der Waals surface area contributed by atoms with Crippen LogP contribution in [0.25, 0.3) is 0 Å². The molecule has 2 aliphatic carbocycles. The van der Waals surface area contributed by atoms with Crippen LogP contribution in [0, 0.1) is 23.7 Å². The zero-order valence-corrected chi connectivity index (χ0v) is 12.7.